The molecular weight excluding hydrogens is 462 g/mol. The van der Waals surface area contributed by atoms with Crippen LogP contribution >= 0.6 is 23.4 Å². The number of thioether (sulfide) groups is 1. The van der Waals surface area contributed by atoms with Gasteiger partial charge in [0.05, 0.1) is 18.1 Å². The molecule has 174 valence electrons. The van der Waals surface area contributed by atoms with Crippen LogP contribution in [0.25, 0.3) is 11.4 Å². The third kappa shape index (κ3) is 6.17. The molecule has 2 N–H and O–H groups in total. The number of urea groups is 1. The molecule has 10 heteroatoms. The van der Waals surface area contributed by atoms with Crippen LogP contribution in [0.15, 0.2) is 52.2 Å². The van der Waals surface area contributed by atoms with Crippen molar-refractivity contribution in [1.82, 2.24) is 25.4 Å². The van der Waals surface area contributed by atoms with Gasteiger partial charge >= 0.3 is 6.03 Å². The number of hydrogen-bond donors (Lipinski definition) is 2. The van der Waals surface area contributed by atoms with E-state index < -0.39 is 11.3 Å². The van der Waals surface area contributed by atoms with E-state index in [1.807, 2.05) is 28.8 Å². The minimum atomic E-state index is -0.556. The molecule has 0 spiro atoms. The van der Waals surface area contributed by atoms with Crippen molar-refractivity contribution in [1.29, 1.82) is 0 Å². The summed E-state index contributed by atoms with van der Waals surface area (Å²) in [5.74, 6) is 0.984. The van der Waals surface area contributed by atoms with E-state index in [-0.39, 0.29) is 11.9 Å². The van der Waals surface area contributed by atoms with E-state index in [1.54, 1.807) is 25.3 Å². The quantitative estimate of drug-likeness (QED) is 0.460. The van der Waals surface area contributed by atoms with Crippen LogP contribution in [0.3, 0.4) is 0 Å². The smallest absolute Gasteiger partial charge is 0.321 e. The van der Waals surface area contributed by atoms with Crippen molar-refractivity contribution in [3.8, 4) is 11.4 Å². The summed E-state index contributed by atoms with van der Waals surface area (Å²) in [5.41, 5.74) is 0.842. The van der Waals surface area contributed by atoms with Crippen molar-refractivity contribution in [2.45, 2.75) is 62.0 Å². The molecular formula is C23H26ClN5O3S. The number of nitrogens with zero attached hydrogens (tertiary/aromatic N) is 3. The maximum absolute atomic E-state index is 12.7. The van der Waals surface area contributed by atoms with Crippen LogP contribution in [0.4, 0.5) is 4.79 Å². The van der Waals surface area contributed by atoms with Gasteiger partial charge in [-0.25, -0.2) is 4.79 Å². The summed E-state index contributed by atoms with van der Waals surface area (Å²) in [6, 6.07) is 10.7. The molecule has 2 aromatic heterocycles. The van der Waals surface area contributed by atoms with Gasteiger partial charge in [-0.2, -0.15) is 0 Å². The van der Waals surface area contributed by atoms with Crippen LogP contribution in [-0.2, 0) is 11.3 Å². The zero-order valence-electron chi connectivity index (χ0n) is 18.3. The SMILES string of the molecule is CC(Sc1nnc(-c2ccc(Cl)cc2)n1Cc1ccco1)C(=O)NC(=O)NC1CCCCC1. The van der Waals surface area contributed by atoms with Gasteiger partial charge in [0.2, 0.25) is 5.91 Å². The Morgan fingerprint density at radius 2 is 1.94 bits per heavy atom. The summed E-state index contributed by atoms with van der Waals surface area (Å²) in [7, 11) is 0. The Kier molecular flexibility index (Phi) is 7.72. The minimum Gasteiger partial charge on any atom is -0.467 e. The van der Waals surface area contributed by atoms with E-state index in [1.165, 1.54) is 18.2 Å². The highest BCUT2D eigenvalue weighted by Crippen LogP contribution is 2.28. The van der Waals surface area contributed by atoms with Crippen LogP contribution in [0.2, 0.25) is 5.02 Å². The van der Waals surface area contributed by atoms with Crippen LogP contribution in [0.5, 0.6) is 0 Å². The van der Waals surface area contributed by atoms with Crippen molar-refractivity contribution in [2.24, 2.45) is 0 Å². The maximum Gasteiger partial charge on any atom is 0.321 e. The number of carbonyl (C=O) groups is 2. The van der Waals surface area contributed by atoms with E-state index in [2.05, 4.69) is 20.8 Å². The zero-order chi connectivity index (χ0) is 23.2. The van der Waals surface area contributed by atoms with Crippen molar-refractivity contribution in [3.05, 3.63) is 53.4 Å². The first-order valence-corrected chi connectivity index (χ1v) is 12.2. The Morgan fingerprint density at radius 3 is 2.64 bits per heavy atom. The summed E-state index contributed by atoms with van der Waals surface area (Å²) in [5, 5.41) is 14.6. The Hall–Kier alpha value is -2.78. The van der Waals surface area contributed by atoms with Gasteiger partial charge in [0.15, 0.2) is 11.0 Å². The Labute approximate surface area is 201 Å². The monoisotopic (exact) mass is 487 g/mol. The molecule has 4 rings (SSSR count). The summed E-state index contributed by atoms with van der Waals surface area (Å²) >= 11 is 7.26. The summed E-state index contributed by atoms with van der Waals surface area (Å²) in [6.07, 6.45) is 6.92. The second-order valence-electron chi connectivity index (χ2n) is 8.04. The van der Waals surface area contributed by atoms with Crippen LogP contribution in [0.1, 0.15) is 44.8 Å². The average Bonchev–Trinajstić information content (AvgIpc) is 3.46. The molecule has 8 nitrogen and oxygen atoms in total. The Balaban J connectivity index is 1.46. The molecule has 1 aromatic carbocycles. The molecule has 1 unspecified atom stereocenters. The first-order chi connectivity index (χ1) is 16.0. The number of imide groups is 1. The molecule has 1 aliphatic rings. The van der Waals surface area contributed by atoms with Gasteiger partial charge in [-0.1, -0.05) is 42.6 Å². The third-order valence-corrected chi connectivity index (χ3v) is 6.87. The van der Waals surface area contributed by atoms with Gasteiger partial charge in [-0.3, -0.25) is 14.7 Å². The largest absolute Gasteiger partial charge is 0.467 e. The lowest BCUT2D eigenvalue weighted by Gasteiger charge is -2.23. The summed E-state index contributed by atoms with van der Waals surface area (Å²) in [6.45, 7) is 2.14. The maximum atomic E-state index is 12.7. The number of carbonyl (C=O) groups excluding carboxylic acids is 2. The van der Waals surface area contributed by atoms with Crippen LogP contribution in [0, 0.1) is 0 Å². The van der Waals surface area contributed by atoms with Gasteiger partial charge in [-0.15, -0.1) is 10.2 Å². The molecule has 3 amide bonds. The topological polar surface area (TPSA) is 102 Å². The fourth-order valence-electron chi connectivity index (χ4n) is 3.78. The van der Waals surface area contributed by atoms with Gasteiger partial charge in [-0.05, 0) is 56.2 Å². The standard InChI is InChI=1S/C23H26ClN5O3S/c1-15(21(30)26-22(31)25-18-6-3-2-4-7-18)33-23-28-27-20(16-9-11-17(24)12-10-16)29(23)14-19-8-5-13-32-19/h5,8-13,15,18H,2-4,6-7,14H2,1H3,(H2,25,26,30,31). The normalized spacial score (nSPS) is 15.2. The molecule has 33 heavy (non-hydrogen) atoms. The second-order valence-corrected chi connectivity index (χ2v) is 9.78. The first kappa shape index (κ1) is 23.4. The second kappa shape index (κ2) is 10.9. The third-order valence-electron chi connectivity index (χ3n) is 5.54. The van der Waals surface area contributed by atoms with E-state index in [0.29, 0.717) is 22.5 Å². The number of aromatic nitrogens is 3. The average molecular weight is 488 g/mol. The lowest BCUT2D eigenvalue weighted by molar-refractivity contribution is -0.119. The van der Waals surface area contributed by atoms with E-state index in [0.717, 1.165) is 37.0 Å². The Morgan fingerprint density at radius 1 is 1.18 bits per heavy atom. The first-order valence-electron chi connectivity index (χ1n) is 11.0. The fourth-order valence-corrected chi connectivity index (χ4v) is 4.76. The van der Waals surface area contributed by atoms with Crippen molar-refractivity contribution in [2.75, 3.05) is 0 Å². The van der Waals surface area contributed by atoms with Crippen LogP contribution < -0.4 is 10.6 Å². The highest BCUT2D eigenvalue weighted by molar-refractivity contribution is 8.00. The molecule has 0 saturated heterocycles. The highest BCUT2D eigenvalue weighted by Gasteiger charge is 2.24. The predicted molar refractivity (Wildman–Crippen MR) is 127 cm³/mol. The number of rotatable bonds is 7. The van der Waals surface area contributed by atoms with Gasteiger partial charge < -0.3 is 9.73 Å². The predicted octanol–water partition coefficient (Wildman–Crippen LogP) is 4.88. The number of furan rings is 1. The molecule has 1 aliphatic carbocycles. The lowest BCUT2D eigenvalue weighted by Crippen LogP contribution is -2.47. The molecule has 0 aliphatic heterocycles. The summed E-state index contributed by atoms with van der Waals surface area (Å²) in [4.78, 5) is 24.9. The molecule has 3 aromatic rings. The van der Waals surface area contributed by atoms with Crippen molar-refractivity contribution < 1.29 is 14.0 Å². The van der Waals surface area contributed by atoms with Crippen molar-refractivity contribution >= 4 is 35.3 Å². The fraction of sp³-hybridized carbons (Fsp3) is 0.391. The van der Waals surface area contributed by atoms with Gasteiger partial charge in [0.25, 0.3) is 0 Å². The molecule has 1 atom stereocenters. The molecule has 2 heterocycles. The number of nitrogens with one attached hydrogen (secondary N) is 2. The molecule has 0 bridgehead atoms. The zero-order valence-corrected chi connectivity index (χ0v) is 19.9. The van der Waals surface area contributed by atoms with E-state index in [9.17, 15) is 9.59 Å². The van der Waals surface area contributed by atoms with E-state index >= 15 is 0 Å². The van der Waals surface area contributed by atoms with Gasteiger partial charge in [0, 0.05) is 16.6 Å². The highest BCUT2D eigenvalue weighted by atomic mass is 35.5. The number of amides is 3. The number of hydrogen-bond acceptors (Lipinski definition) is 6. The van der Waals surface area contributed by atoms with Crippen LogP contribution in [-0.4, -0.2) is 38.0 Å². The number of benzene rings is 1. The molecule has 0 radical (unpaired) electrons. The van der Waals surface area contributed by atoms with Crippen molar-refractivity contribution in [3.63, 3.8) is 0 Å². The van der Waals surface area contributed by atoms with E-state index in [4.69, 9.17) is 16.0 Å². The molecule has 1 saturated carbocycles. The Bertz CT molecular complexity index is 1080. The summed E-state index contributed by atoms with van der Waals surface area (Å²) < 4.78 is 7.40. The minimum absolute atomic E-state index is 0.132. The van der Waals surface area contributed by atoms with Gasteiger partial charge in [0.1, 0.15) is 5.76 Å². The lowest BCUT2D eigenvalue weighted by atomic mass is 9.96. The number of halogens is 1. The molecule has 1 fully saturated rings.